The van der Waals surface area contributed by atoms with E-state index in [0.717, 1.165) is 25.8 Å². The van der Waals surface area contributed by atoms with Crippen molar-refractivity contribution in [3.8, 4) is 0 Å². The lowest BCUT2D eigenvalue weighted by atomic mass is 10.2. The Morgan fingerprint density at radius 2 is 2.17 bits per heavy atom. The summed E-state index contributed by atoms with van der Waals surface area (Å²) in [5, 5.41) is 12.2. The van der Waals surface area contributed by atoms with Crippen LogP contribution in [0.15, 0.2) is 18.3 Å². The first kappa shape index (κ1) is 16.7. The molecule has 3 N–H and O–H groups in total. The number of hydroxylamine groups is 1. The van der Waals surface area contributed by atoms with Crippen LogP contribution in [0.1, 0.15) is 24.8 Å². The molecule has 7 nitrogen and oxygen atoms in total. The largest absolute Gasteiger partial charge is 0.364 e. The number of halogens is 1. The first-order valence-electron chi connectivity index (χ1n) is 7.90. The SMILES string of the molecule is O=C(/C=C/c1cnc(N[C@@H]2CCN(C(=O)C3CC3)C2)c(Cl)c1)NO. The standard InChI is InChI=1S/C16H19ClN4O3/c17-13-7-10(1-4-14(22)20-24)8-18-15(13)19-12-5-6-21(9-12)16(23)11-2-3-11/h1,4,7-8,11-12,24H,2-3,5-6,9H2,(H,18,19)(H,20,22)/b4-1+/t12-/m1/s1. The summed E-state index contributed by atoms with van der Waals surface area (Å²) in [6, 6.07) is 1.82. The topological polar surface area (TPSA) is 94.6 Å². The second-order valence-corrected chi connectivity index (χ2v) is 6.50. The van der Waals surface area contributed by atoms with Crippen molar-refractivity contribution in [1.29, 1.82) is 0 Å². The molecule has 24 heavy (non-hydrogen) atoms. The van der Waals surface area contributed by atoms with Gasteiger partial charge in [0.25, 0.3) is 5.91 Å². The molecule has 1 atom stereocenters. The lowest BCUT2D eigenvalue weighted by molar-refractivity contribution is -0.131. The van der Waals surface area contributed by atoms with Crippen LogP contribution in [-0.4, -0.2) is 46.0 Å². The molecular weight excluding hydrogens is 332 g/mol. The summed E-state index contributed by atoms with van der Waals surface area (Å²) in [7, 11) is 0. The van der Waals surface area contributed by atoms with Gasteiger partial charge >= 0.3 is 0 Å². The number of rotatable bonds is 5. The van der Waals surface area contributed by atoms with Gasteiger partial charge in [0.2, 0.25) is 5.91 Å². The molecule has 1 saturated heterocycles. The number of anilines is 1. The monoisotopic (exact) mass is 350 g/mol. The van der Waals surface area contributed by atoms with Crippen LogP contribution in [0.2, 0.25) is 5.02 Å². The summed E-state index contributed by atoms with van der Waals surface area (Å²) in [5.41, 5.74) is 2.16. The van der Waals surface area contributed by atoms with Crippen molar-refractivity contribution in [1.82, 2.24) is 15.4 Å². The molecule has 0 spiro atoms. The average molecular weight is 351 g/mol. The summed E-state index contributed by atoms with van der Waals surface area (Å²) in [4.78, 5) is 29.2. The number of carbonyl (C=O) groups excluding carboxylic acids is 2. The molecule has 0 aromatic carbocycles. The first-order chi connectivity index (χ1) is 11.6. The highest BCUT2D eigenvalue weighted by Gasteiger charge is 2.36. The summed E-state index contributed by atoms with van der Waals surface area (Å²) in [6.07, 6.45) is 7.17. The number of hydrogen-bond acceptors (Lipinski definition) is 5. The van der Waals surface area contributed by atoms with Gasteiger partial charge in [-0.25, -0.2) is 10.5 Å². The van der Waals surface area contributed by atoms with Crippen LogP contribution in [0.5, 0.6) is 0 Å². The van der Waals surface area contributed by atoms with E-state index in [1.54, 1.807) is 12.3 Å². The van der Waals surface area contributed by atoms with E-state index in [4.69, 9.17) is 16.8 Å². The molecule has 1 saturated carbocycles. The lowest BCUT2D eigenvalue weighted by Gasteiger charge is -2.17. The minimum Gasteiger partial charge on any atom is -0.364 e. The molecule has 2 fully saturated rings. The van der Waals surface area contributed by atoms with E-state index >= 15 is 0 Å². The number of amides is 2. The smallest absolute Gasteiger partial charge is 0.267 e. The molecule has 8 heteroatoms. The fraction of sp³-hybridized carbons (Fsp3) is 0.438. The van der Waals surface area contributed by atoms with E-state index in [2.05, 4.69) is 10.3 Å². The van der Waals surface area contributed by atoms with Crippen LogP contribution in [0, 0.1) is 5.92 Å². The van der Waals surface area contributed by atoms with Gasteiger partial charge in [0.05, 0.1) is 5.02 Å². The third-order valence-electron chi connectivity index (χ3n) is 4.17. The van der Waals surface area contributed by atoms with Gasteiger partial charge in [0.1, 0.15) is 5.82 Å². The summed E-state index contributed by atoms with van der Waals surface area (Å²) >= 11 is 6.23. The zero-order chi connectivity index (χ0) is 17.1. The van der Waals surface area contributed by atoms with Crippen molar-refractivity contribution >= 4 is 35.3 Å². The number of nitrogens with one attached hydrogen (secondary N) is 2. The van der Waals surface area contributed by atoms with E-state index < -0.39 is 5.91 Å². The van der Waals surface area contributed by atoms with Gasteiger partial charge in [-0.15, -0.1) is 0 Å². The Kier molecular flexibility index (Phi) is 5.01. The third-order valence-corrected chi connectivity index (χ3v) is 4.46. The number of nitrogens with zero attached hydrogens (tertiary/aromatic N) is 2. The highest BCUT2D eigenvalue weighted by Crippen LogP contribution is 2.32. The van der Waals surface area contributed by atoms with Crippen LogP contribution >= 0.6 is 11.6 Å². The van der Waals surface area contributed by atoms with Crippen LogP contribution in [0.4, 0.5) is 5.82 Å². The Morgan fingerprint density at radius 3 is 2.83 bits per heavy atom. The molecule has 128 valence electrons. The maximum atomic E-state index is 12.1. The second-order valence-electron chi connectivity index (χ2n) is 6.10. The van der Waals surface area contributed by atoms with Crippen molar-refractivity contribution in [2.24, 2.45) is 5.92 Å². The molecule has 1 aliphatic carbocycles. The number of pyridine rings is 1. The van der Waals surface area contributed by atoms with Gasteiger partial charge in [0.15, 0.2) is 0 Å². The minimum atomic E-state index is -0.625. The molecule has 0 radical (unpaired) electrons. The van der Waals surface area contributed by atoms with Crippen LogP contribution in [0.25, 0.3) is 6.08 Å². The molecule has 1 aromatic heterocycles. The van der Waals surface area contributed by atoms with Gasteiger partial charge in [-0.3, -0.25) is 14.8 Å². The molecular formula is C16H19ClN4O3. The van der Waals surface area contributed by atoms with Crippen LogP contribution in [-0.2, 0) is 9.59 Å². The highest BCUT2D eigenvalue weighted by molar-refractivity contribution is 6.33. The predicted octanol–water partition coefficient (Wildman–Crippen LogP) is 1.68. The molecule has 0 bridgehead atoms. The molecule has 3 rings (SSSR count). The Bertz CT molecular complexity index is 675. The predicted molar refractivity (Wildman–Crippen MR) is 89.5 cm³/mol. The molecule has 1 aromatic rings. The van der Waals surface area contributed by atoms with E-state index in [9.17, 15) is 9.59 Å². The van der Waals surface area contributed by atoms with E-state index in [-0.39, 0.29) is 17.9 Å². The van der Waals surface area contributed by atoms with Crippen molar-refractivity contribution in [2.45, 2.75) is 25.3 Å². The maximum Gasteiger partial charge on any atom is 0.267 e. The molecule has 2 aliphatic rings. The fourth-order valence-corrected chi connectivity index (χ4v) is 2.95. The van der Waals surface area contributed by atoms with Gasteiger partial charge in [0, 0.05) is 37.3 Å². The quantitative estimate of drug-likeness (QED) is 0.426. The zero-order valence-electron chi connectivity index (χ0n) is 13.0. The first-order valence-corrected chi connectivity index (χ1v) is 8.27. The highest BCUT2D eigenvalue weighted by atomic mass is 35.5. The Hall–Kier alpha value is -2.12. The molecule has 1 aliphatic heterocycles. The lowest BCUT2D eigenvalue weighted by Crippen LogP contribution is -2.32. The van der Waals surface area contributed by atoms with Crippen LogP contribution < -0.4 is 10.8 Å². The normalized spacial score (nSPS) is 20.4. The number of hydrogen-bond donors (Lipinski definition) is 3. The van der Waals surface area contributed by atoms with Crippen molar-refractivity contribution in [3.63, 3.8) is 0 Å². The van der Waals surface area contributed by atoms with Gasteiger partial charge < -0.3 is 10.2 Å². The van der Waals surface area contributed by atoms with Crippen molar-refractivity contribution in [2.75, 3.05) is 18.4 Å². The van der Waals surface area contributed by atoms with E-state index in [1.807, 2.05) is 4.90 Å². The second kappa shape index (κ2) is 7.19. The molecule has 2 heterocycles. The van der Waals surface area contributed by atoms with Crippen molar-refractivity contribution < 1.29 is 14.8 Å². The molecule has 0 unspecified atom stereocenters. The van der Waals surface area contributed by atoms with Gasteiger partial charge in [-0.1, -0.05) is 11.6 Å². The van der Waals surface area contributed by atoms with E-state index in [1.165, 1.54) is 17.6 Å². The average Bonchev–Trinajstić information content (AvgIpc) is 3.33. The Labute approximate surface area is 144 Å². The summed E-state index contributed by atoms with van der Waals surface area (Å²) in [5.74, 6) is 0.444. The summed E-state index contributed by atoms with van der Waals surface area (Å²) in [6.45, 7) is 1.44. The van der Waals surface area contributed by atoms with E-state index in [0.29, 0.717) is 22.9 Å². The van der Waals surface area contributed by atoms with Crippen LogP contribution in [0.3, 0.4) is 0 Å². The number of carbonyl (C=O) groups is 2. The number of likely N-dealkylation sites (tertiary alicyclic amines) is 1. The van der Waals surface area contributed by atoms with Gasteiger partial charge in [-0.05, 0) is 37.0 Å². The van der Waals surface area contributed by atoms with Gasteiger partial charge in [-0.2, -0.15) is 0 Å². The Morgan fingerprint density at radius 1 is 1.38 bits per heavy atom. The number of aromatic nitrogens is 1. The van der Waals surface area contributed by atoms with Crippen molar-refractivity contribution in [3.05, 3.63) is 28.9 Å². The fourth-order valence-electron chi connectivity index (χ4n) is 2.72. The third kappa shape index (κ3) is 4.04. The minimum absolute atomic E-state index is 0.138. The summed E-state index contributed by atoms with van der Waals surface area (Å²) < 4.78 is 0. The zero-order valence-corrected chi connectivity index (χ0v) is 13.8. The Balaban J connectivity index is 1.58. The molecule has 2 amide bonds. The maximum absolute atomic E-state index is 12.1.